The summed E-state index contributed by atoms with van der Waals surface area (Å²) in [4.78, 5) is 0.439. The predicted molar refractivity (Wildman–Crippen MR) is 65.8 cm³/mol. The second-order valence-corrected chi connectivity index (χ2v) is 8.61. The fourth-order valence-electron chi connectivity index (χ4n) is 1.36. The molecule has 0 heterocycles. The van der Waals surface area contributed by atoms with Gasteiger partial charge in [0.15, 0.2) is 0 Å². The van der Waals surface area contributed by atoms with Crippen molar-refractivity contribution in [1.82, 2.24) is 0 Å². The molecule has 0 saturated heterocycles. The first-order chi connectivity index (χ1) is 7.09. The van der Waals surface area contributed by atoms with Crippen LogP contribution in [0.25, 0.3) is 0 Å². The third kappa shape index (κ3) is 3.58. The molecular weight excluding hydrogens is 250 g/mol. The minimum Gasteiger partial charge on any atom is -0.398 e. The van der Waals surface area contributed by atoms with Crippen LogP contribution in [0, 0.1) is 0 Å². The summed E-state index contributed by atoms with van der Waals surface area (Å²) in [6.45, 7) is 0. The van der Waals surface area contributed by atoms with Crippen LogP contribution in [-0.2, 0) is 25.8 Å². The van der Waals surface area contributed by atoms with E-state index in [9.17, 15) is 12.6 Å². The molecule has 16 heavy (non-hydrogen) atoms. The zero-order valence-electron chi connectivity index (χ0n) is 9.04. The van der Waals surface area contributed by atoms with Gasteiger partial charge in [0.25, 0.3) is 10.1 Å². The lowest BCUT2D eigenvalue weighted by atomic mass is 10.2. The van der Waals surface area contributed by atoms with E-state index in [1.165, 1.54) is 18.2 Å². The van der Waals surface area contributed by atoms with Crippen molar-refractivity contribution in [2.45, 2.75) is 10.6 Å². The SMILES string of the molecule is C[SH](C)(=O)c1cc(CS(=O)(=O)O)ccc1N. The van der Waals surface area contributed by atoms with Gasteiger partial charge in [-0.3, -0.25) is 8.76 Å². The number of nitrogen functional groups attached to an aromatic ring is 1. The molecule has 0 radical (unpaired) electrons. The number of benzene rings is 1. The minimum absolute atomic E-state index is 0.368. The highest BCUT2D eigenvalue weighted by Crippen LogP contribution is 2.23. The zero-order valence-corrected chi connectivity index (χ0v) is 10.8. The quantitative estimate of drug-likeness (QED) is 0.414. The summed E-state index contributed by atoms with van der Waals surface area (Å²) in [5, 5.41) is 0. The van der Waals surface area contributed by atoms with E-state index in [4.69, 9.17) is 10.3 Å². The molecule has 0 amide bonds. The van der Waals surface area contributed by atoms with Crippen LogP contribution in [-0.4, -0.2) is 29.7 Å². The number of hydrogen-bond acceptors (Lipinski definition) is 4. The molecule has 0 aliphatic carbocycles. The van der Waals surface area contributed by atoms with Crippen LogP contribution in [0.2, 0.25) is 0 Å². The number of hydrogen-bond donors (Lipinski definition) is 3. The first kappa shape index (κ1) is 13.1. The Morgan fingerprint density at radius 1 is 1.38 bits per heavy atom. The van der Waals surface area contributed by atoms with Gasteiger partial charge in [-0.1, -0.05) is 16.0 Å². The topological polar surface area (TPSA) is 97.5 Å². The van der Waals surface area contributed by atoms with Crippen molar-refractivity contribution in [3.63, 3.8) is 0 Å². The highest BCUT2D eigenvalue weighted by atomic mass is 32.2. The first-order valence-corrected chi connectivity index (χ1v) is 8.70. The van der Waals surface area contributed by atoms with Crippen LogP contribution in [0.1, 0.15) is 5.56 Å². The Hall–Kier alpha value is -0.920. The molecule has 92 valence electrons. The molecule has 0 aliphatic rings. The average molecular weight is 265 g/mol. The van der Waals surface area contributed by atoms with E-state index < -0.39 is 25.8 Å². The van der Waals surface area contributed by atoms with E-state index in [-0.39, 0.29) is 0 Å². The number of anilines is 1. The third-order valence-electron chi connectivity index (χ3n) is 2.02. The molecule has 0 aromatic heterocycles. The molecule has 0 spiro atoms. The van der Waals surface area contributed by atoms with E-state index in [1.807, 2.05) is 0 Å². The lowest BCUT2D eigenvalue weighted by Crippen LogP contribution is -2.11. The first-order valence-electron chi connectivity index (χ1n) is 4.49. The van der Waals surface area contributed by atoms with Gasteiger partial charge in [0.2, 0.25) is 0 Å². The van der Waals surface area contributed by atoms with E-state index in [0.717, 1.165) is 0 Å². The van der Waals surface area contributed by atoms with Gasteiger partial charge in [-0.15, -0.1) is 0 Å². The summed E-state index contributed by atoms with van der Waals surface area (Å²) in [6, 6.07) is 4.45. The Morgan fingerprint density at radius 2 is 1.94 bits per heavy atom. The van der Waals surface area contributed by atoms with Crippen LogP contribution >= 0.6 is 0 Å². The van der Waals surface area contributed by atoms with Crippen LogP contribution < -0.4 is 5.73 Å². The molecule has 0 unspecified atom stereocenters. The van der Waals surface area contributed by atoms with Gasteiger partial charge in [0, 0.05) is 10.6 Å². The molecule has 1 aromatic rings. The van der Waals surface area contributed by atoms with Gasteiger partial charge in [-0.2, -0.15) is 8.42 Å². The molecule has 1 rings (SSSR count). The van der Waals surface area contributed by atoms with E-state index in [0.29, 0.717) is 16.1 Å². The molecule has 5 nitrogen and oxygen atoms in total. The number of nitrogens with two attached hydrogens (primary N) is 1. The lowest BCUT2D eigenvalue weighted by molar-refractivity contribution is 0.482. The van der Waals surface area contributed by atoms with E-state index in [2.05, 4.69) is 0 Å². The molecule has 0 aliphatic heterocycles. The maximum absolute atomic E-state index is 11.9. The van der Waals surface area contributed by atoms with Crippen LogP contribution in [0.4, 0.5) is 5.69 Å². The Balaban J connectivity index is 3.24. The Bertz CT molecular complexity index is 545. The minimum atomic E-state index is -4.08. The molecule has 0 bridgehead atoms. The fraction of sp³-hybridized carbons (Fsp3) is 0.333. The normalized spacial score (nSPS) is 13.7. The van der Waals surface area contributed by atoms with E-state index >= 15 is 0 Å². The van der Waals surface area contributed by atoms with Crippen molar-refractivity contribution >= 4 is 25.7 Å². The zero-order chi connectivity index (χ0) is 12.6. The van der Waals surface area contributed by atoms with Gasteiger partial charge in [0.1, 0.15) is 5.75 Å². The van der Waals surface area contributed by atoms with Gasteiger partial charge in [-0.05, 0) is 30.2 Å². The van der Waals surface area contributed by atoms with E-state index in [1.54, 1.807) is 12.5 Å². The molecule has 3 N–H and O–H groups in total. The van der Waals surface area contributed by atoms with Gasteiger partial charge >= 0.3 is 0 Å². The Morgan fingerprint density at radius 3 is 2.38 bits per heavy atom. The molecule has 0 fully saturated rings. The van der Waals surface area contributed by atoms with Crippen molar-refractivity contribution in [3.8, 4) is 0 Å². The van der Waals surface area contributed by atoms with Crippen LogP contribution in [0.15, 0.2) is 23.1 Å². The highest BCUT2D eigenvalue weighted by Gasteiger charge is 2.13. The molecule has 1 aromatic carbocycles. The van der Waals surface area contributed by atoms with Gasteiger partial charge < -0.3 is 5.73 Å². The fourth-order valence-corrected chi connectivity index (χ4v) is 3.13. The predicted octanol–water partition coefficient (Wildman–Crippen LogP) is 0.292. The van der Waals surface area contributed by atoms with Crippen molar-refractivity contribution < 1.29 is 17.2 Å². The molecule has 0 atom stereocenters. The van der Waals surface area contributed by atoms with Crippen molar-refractivity contribution in [2.75, 3.05) is 18.2 Å². The molecular formula is C9H15NO4S2. The summed E-state index contributed by atoms with van der Waals surface area (Å²) in [5.74, 6) is -0.500. The summed E-state index contributed by atoms with van der Waals surface area (Å²) in [7, 11) is -6.63. The molecule has 0 saturated carbocycles. The van der Waals surface area contributed by atoms with Gasteiger partial charge in [-0.25, -0.2) is 0 Å². The second-order valence-electron chi connectivity index (χ2n) is 3.97. The largest absolute Gasteiger partial charge is 0.398 e. The standard InChI is InChI=1S/C9H15NO4S2/c1-15(2,11)9-5-7(3-4-8(9)10)6-16(12,13)14/h3-5,15H,6,10H2,1-2H3,(H,12,13,14). The van der Waals surface area contributed by atoms with Crippen LogP contribution in [0.3, 0.4) is 0 Å². The average Bonchev–Trinajstić information content (AvgIpc) is 2.04. The smallest absolute Gasteiger partial charge is 0.269 e. The monoisotopic (exact) mass is 265 g/mol. The Labute approximate surface area is 95.8 Å². The summed E-state index contributed by atoms with van der Waals surface area (Å²) >= 11 is 0. The lowest BCUT2D eigenvalue weighted by Gasteiger charge is -2.16. The van der Waals surface area contributed by atoms with Crippen molar-refractivity contribution in [2.24, 2.45) is 0 Å². The Kier molecular flexibility index (Phi) is 3.41. The second kappa shape index (κ2) is 4.15. The molecule has 7 heteroatoms. The summed E-state index contributed by atoms with van der Waals surface area (Å²) in [5.41, 5.74) is 6.39. The van der Waals surface area contributed by atoms with Crippen molar-refractivity contribution in [1.29, 1.82) is 0 Å². The summed E-state index contributed by atoms with van der Waals surface area (Å²) in [6.07, 6.45) is 3.10. The maximum atomic E-state index is 11.9. The third-order valence-corrected chi connectivity index (χ3v) is 4.27. The number of thiol groups is 1. The van der Waals surface area contributed by atoms with Gasteiger partial charge in [0.05, 0.1) is 0 Å². The number of rotatable bonds is 3. The maximum Gasteiger partial charge on any atom is 0.269 e. The summed E-state index contributed by atoms with van der Waals surface area (Å²) < 4.78 is 42.0. The highest BCUT2D eigenvalue weighted by molar-refractivity contribution is 8.01. The van der Waals surface area contributed by atoms with Crippen LogP contribution in [0.5, 0.6) is 0 Å². The van der Waals surface area contributed by atoms with Crippen molar-refractivity contribution in [3.05, 3.63) is 23.8 Å².